The van der Waals surface area contributed by atoms with Crippen LogP contribution >= 0.6 is 0 Å². The highest BCUT2D eigenvalue weighted by Gasteiger charge is 2.73. The maximum Gasteiger partial charge on any atom is 0.277 e. The van der Waals surface area contributed by atoms with Gasteiger partial charge in [-0.3, -0.25) is 0 Å². The lowest BCUT2D eigenvalue weighted by atomic mass is 10.2. The summed E-state index contributed by atoms with van der Waals surface area (Å²) in [6.45, 7) is 0.482. The first kappa shape index (κ1) is 5.26. The van der Waals surface area contributed by atoms with Crippen molar-refractivity contribution in [2.75, 3.05) is 6.54 Å². The predicted molar refractivity (Wildman–Crippen MR) is 26.6 cm³/mol. The molecule has 50 valence electrons. The largest absolute Gasteiger partial charge is 0.277 e. The Kier molecular flexibility index (Phi) is 0.672. The Morgan fingerprint density at radius 3 is 2.22 bits per heavy atom. The van der Waals surface area contributed by atoms with E-state index >= 15 is 0 Å². The fraction of sp³-hybridized carbons (Fsp3) is 1.00. The minimum Gasteiger partial charge on any atom is -0.204 e. The average Bonchev–Trinajstić information content (AvgIpc) is 2.27. The van der Waals surface area contributed by atoms with Gasteiger partial charge >= 0.3 is 0 Å². The van der Waals surface area contributed by atoms with Crippen molar-refractivity contribution in [2.45, 2.75) is 24.3 Å². The van der Waals surface area contributed by atoms with Crippen LogP contribution in [-0.4, -0.2) is 18.0 Å². The van der Waals surface area contributed by atoms with Crippen molar-refractivity contribution in [1.29, 1.82) is 0 Å². The van der Waals surface area contributed by atoms with E-state index in [1.807, 2.05) is 0 Å². The summed E-state index contributed by atoms with van der Waals surface area (Å²) in [4.78, 5) is 0. The van der Waals surface area contributed by atoms with Crippen LogP contribution in [0.25, 0.3) is 0 Å². The number of azo groups is 1. The highest BCUT2D eigenvalue weighted by molar-refractivity contribution is 5.19. The highest BCUT2D eigenvalue weighted by Crippen LogP contribution is 2.59. The predicted octanol–water partition coefficient (Wildman–Crippen LogP) is 1.62. The quantitative estimate of drug-likeness (QED) is 0.478. The van der Waals surface area contributed by atoms with E-state index in [0.29, 0.717) is 13.0 Å². The van der Waals surface area contributed by atoms with Crippen molar-refractivity contribution < 1.29 is 8.78 Å². The van der Waals surface area contributed by atoms with Gasteiger partial charge < -0.3 is 0 Å². The third-order valence-electron chi connectivity index (χ3n) is 1.96. The topological polar surface area (TPSA) is 24.7 Å². The lowest BCUT2D eigenvalue weighted by Crippen LogP contribution is -2.11. The first-order chi connectivity index (χ1) is 4.16. The summed E-state index contributed by atoms with van der Waals surface area (Å²) in [5.41, 5.74) is -1.03. The minimum absolute atomic E-state index is 0.0799. The van der Waals surface area contributed by atoms with Crippen LogP contribution in [0.5, 0.6) is 0 Å². The first-order valence-electron chi connectivity index (χ1n) is 2.93. The van der Waals surface area contributed by atoms with Gasteiger partial charge in [0.25, 0.3) is 5.92 Å². The Labute approximate surface area is 51.0 Å². The average molecular weight is 132 g/mol. The molecule has 1 aliphatic carbocycles. The second-order valence-electron chi connectivity index (χ2n) is 2.63. The van der Waals surface area contributed by atoms with Crippen LogP contribution in [0.15, 0.2) is 10.2 Å². The maximum absolute atomic E-state index is 12.3. The molecule has 1 aliphatic heterocycles. The van der Waals surface area contributed by atoms with Crippen molar-refractivity contribution in [3.8, 4) is 0 Å². The molecule has 0 saturated heterocycles. The van der Waals surface area contributed by atoms with Gasteiger partial charge in [0.05, 0.1) is 6.54 Å². The Bertz CT molecular complexity index is 178. The van der Waals surface area contributed by atoms with Gasteiger partial charge in [-0.25, -0.2) is 8.78 Å². The SMILES string of the molecule is FC1(F)CC12CCN=N2. The molecule has 1 saturated carbocycles. The second-order valence-corrected chi connectivity index (χ2v) is 2.63. The van der Waals surface area contributed by atoms with Crippen molar-refractivity contribution in [2.24, 2.45) is 10.2 Å². The van der Waals surface area contributed by atoms with E-state index in [0.717, 1.165) is 0 Å². The Morgan fingerprint density at radius 2 is 2.00 bits per heavy atom. The van der Waals surface area contributed by atoms with Crippen LogP contribution in [-0.2, 0) is 0 Å². The van der Waals surface area contributed by atoms with Crippen LogP contribution in [0.1, 0.15) is 12.8 Å². The van der Waals surface area contributed by atoms with Crippen LogP contribution in [0.3, 0.4) is 0 Å². The van der Waals surface area contributed by atoms with Gasteiger partial charge in [0.2, 0.25) is 0 Å². The van der Waals surface area contributed by atoms with E-state index in [-0.39, 0.29) is 6.42 Å². The number of rotatable bonds is 0. The molecular weight excluding hydrogens is 126 g/mol. The molecular formula is C5H6F2N2. The molecule has 0 aromatic carbocycles. The molecule has 1 unspecified atom stereocenters. The number of nitrogens with zero attached hydrogens (tertiary/aromatic N) is 2. The fourth-order valence-corrected chi connectivity index (χ4v) is 1.17. The summed E-state index contributed by atoms with van der Waals surface area (Å²) in [6, 6.07) is 0. The van der Waals surface area contributed by atoms with Crippen molar-refractivity contribution in [3.05, 3.63) is 0 Å². The zero-order valence-corrected chi connectivity index (χ0v) is 4.77. The number of halogens is 2. The maximum atomic E-state index is 12.3. The summed E-state index contributed by atoms with van der Waals surface area (Å²) in [5, 5.41) is 7.05. The molecule has 4 heteroatoms. The smallest absolute Gasteiger partial charge is 0.204 e. The van der Waals surface area contributed by atoms with Crippen molar-refractivity contribution in [1.82, 2.24) is 0 Å². The molecule has 2 nitrogen and oxygen atoms in total. The molecule has 0 aromatic rings. The third-order valence-corrected chi connectivity index (χ3v) is 1.96. The molecule has 2 aliphatic rings. The summed E-state index contributed by atoms with van der Waals surface area (Å²) in [5.74, 6) is -2.53. The van der Waals surface area contributed by atoms with Crippen LogP contribution in [0, 0.1) is 0 Å². The highest BCUT2D eigenvalue weighted by atomic mass is 19.3. The number of hydrogen-bond acceptors (Lipinski definition) is 2. The van der Waals surface area contributed by atoms with Gasteiger partial charge in [0.1, 0.15) is 0 Å². The Morgan fingerprint density at radius 1 is 1.33 bits per heavy atom. The summed E-state index contributed by atoms with van der Waals surface area (Å²) in [7, 11) is 0. The van der Waals surface area contributed by atoms with E-state index in [1.54, 1.807) is 0 Å². The van der Waals surface area contributed by atoms with Crippen LogP contribution in [0.2, 0.25) is 0 Å². The zero-order chi connectivity index (χ0) is 6.54. The van der Waals surface area contributed by atoms with E-state index in [2.05, 4.69) is 10.2 Å². The first-order valence-corrected chi connectivity index (χ1v) is 2.93. The van der Waals surface area contributed by atoms with Gasteiger partial charge in [-0.05, 0) is 0 Å². The Hall–Kier alpha value is -0.540. The molecule has 0 radical (unpaired) electrons. The molecule has 1 spiro atoms. The second kappa shape index (κ2) is 1.15. The van der Waals surface area contributed by atoms with E-state index in [4.69, 9.17) is 0 Å². The molecule has 0 amide bonds. The van der Waals surface area contributed by atoms with Gasteiger partial charge in [0.15, 0.2) is 5.54 Å². The third kappa shape index (κ3) is 0.483. The van der Waals surface area contributed by atoms with Crippen molar-refractivity contribution in [3.63, 3.8) is 0 Å². The van der Waals surface area contributed by atoms with E-state index in [9.17, 15) is 8.78 Å². The standard InChI is InChI=1S/C5H6F2N2/c6-5(7)3-4(5)1-2-8-9-4/h1-3H2. The minimum atomic E-state index is -2.53. The summed E-state index contributed by atoms with van der Waals surface area (Å²) >= 11 is 0. The molecule has 1 atom stereocenters. The fourth-order valence-electron chi connectivity index (χ4n) is 1.17. The zero-order valence-electron chi connectivity index (χ0n) is 4.77. The monoisotopic (exact) mass is 132 g/mol. The van der Waals surface area contributed by atoms with E-state index < -0.39 is 11.5 Å². The Balaban J connectivity index is 2.23. The van der Waals surface area contributed by atoms with Gasteiger partial charge in [-0.1, -0.05) is 0 Å². The van der Waals surface area contributed by atoms with Gasteiger partial charge in [-0.2, -0.15) is 10.2 Å². The molecule has 9 heavy (non-hydrogen) atoms. The molecule has 0 bridgehead atoms. The molecule has 1 fully saturated rings. The van der Waals surface area contributed by atoms with E-state index in [1.165, 1.54) is 0 Å². The number of hydrogen-bond donors (Lipinski definition) is 0. The molecule has 0 N–H and O–H groups in total. The molecule has 2 rings (SSSR count). The summed E-state index contributed by atoms with van der Waals surface area (Å²) < 4.78 is 24.7. The van der Waals surface area contributed by atoms with Crippen LogP contribution in [0.4, 0.5) is 8.78 Å². The number of alkyl halides is 2. The lowest BCUT2D eigenvalue weighted by Gasteiger charge is -1.98. The van der Waals surface area contributed by atoms with Crippen molar-refractivity contribution >= 4 is 0 Å². The van der Waals surface area contributed by atoms with Gasteiger partial charge in [0, 0.05) is 12.8 Å². The normalized spacial score (nSPS) is 44.2. The van der Waals surface area contributed by atoms with Crippen LogP contribution < -0.4 is 0 Å². The van der Waals surface area contributed by atoms with Gasteiger partial charge in [-0.15, -0.1) is 0 Å². The molecule has 1 heterocycles. The molecule has 0 aromatic heterocycles. The lowest BCUT2D eigenvalue weighted by molar-refractivity contribution is 0.0906. The summed E-state index contributed by atoms with van der Waals surface area (Å²) in [6.07, 6.45) is 0.365.